The van der Waals surface area contributed by atoms with E-state index in [0.717, 1.165) is 0 Å². The van der Waals surface area contributed by atoms with Crippen LogP contribution in [0.25, 0.3) is 11.2 Å². The summed E-state index contributed by atoms with van der Waals surface area (Å²) < 4.78 is 7.15. The second-order valence-corrected chi connectivity index (χ2v) is 4.99. The Labute approximate surface area is 127 Å². The number of nitrogens with one attached hydrogen (secondary N) is 1. The Morgan fingerprint density at radius 1 is 1.59 bits per heavy atom. The Bertz CT molecular complexity index is 701. The predicted molar refractivity (Wildman–Crippen MR) is 82.2 cm³/mol. The van der Waals surface area contributed by atoms with Crippen LogP contribution in [-0.4, -0.2) is 62.7 Å². The van der Waals surface area contributed by atoms with Crippen LogP contribution < -0.4 is 5.56 Å². The number of imidazole rings is 1. The lowest BCUT2D eigenvalue weighted by molar-refractivity contribution is -0.0238. The number of aliphatic hydroxyl groups excluding tert-OH is 1. The fourth-order valence-corrected chi connectivity index (χ4v) is 1.75. The topological polar surface area (TPSA) is 109 Å². The van der Waals surface area contributed by atoms with Gasteiger partial charge in [0.25, 0.3) is 5.56 Å². The highest BCUT2D eigenvalue weighted by atomic mass is 16.5. The van der Waals surface area contributed by atoms with E-state index in [1.54, 1.807) is 15.8 Å². The Hall–Kier alpha value is -2.26. The molecule has 22 heavy (non-hydrogen) atoms. The molecular formula is C13H20N6O3. The summed E-state index contributed by atoms with van der Waals surface area (Å²) in [5, 5.41) is 9.13. The van der Waals surface area contributed by atoms with Gasteiger partial charge in [0.05, 0.1) is 25.4 Å². The minimum absolute atomic E-state index is 0.0600. The number of ether oxygens (including phenoxy) is 1. The third-order valence-electron chi connectivity index (χ3n) is 2.98. The van der Waals surface area contributed by atoms with Crippen molar-refractivity contribution in [1.29, 1.82) is 0 Å². The van der Waals surface area contributed by atoms with Gasteiger partial charge >= 0.3 is 0 Å². The molecule has 9 nitrogen and oxygen atoms in total. The summed E-state index contributed by atoms with van der Waals surface area (Å²) in [7, 11) is 3.63. The predicted octanol–water partition coefficient (Wildman–Crippen LogP) is 0.0860. The van der Waals surface area contributed by atoms with E-state index >= 15 is 0 Å². The van der Waals surface area contributed by atoms with Crippen LogP contribution in [0.2, 0.25) is 0 Å². The van der Waals surface area contributed by atoms with Crippen molar-refractivity contribution < 1.29 is 9.84 Å². The van der Waals surface area contributed by atoms with E-state index in [2.05, 4.69) is 19.9 Å². The zero-order chi connectivity index (χ0) is 16.1. The maximum atomic E-state index is 12.0. The molecule has 0 aliphatic carbocycles. The van der Waals surface area contributed by atoms with Crippen LogP contribution in [0.5, 0.6) is 0 Å². The molecule has 1 unspecified atom stereocenters. The van der Waals surface area contributed by atoms with Crippen molar-refractivity contribution in [1.82, 2.24) is 24.4 Å². The lowest BCUT2D eigenvalue weighted by Gasteiger charge is -2.13. The molecule has 0 fully saturated rings. The molecule has 0 bridgehead atoms. The van der Waals surface area contributed by atoms with E-state index in [1.165, 1.54) is 6.33 Å². The third kappa shape index (κ3) is 3.68. The largest absolute Gasteiger partial charge is 0.394 e. The Morgan fingerprint density at radius 3 is 3.00 bits per heavy atom. The smallest absolute Gasteiger partial charge is 0.280 e. The number of hydrogen-bond acceptors (Lipinski definition) is 6. The van der Waals surface area contributed by atoms with Crippen molar-refractivity contribution >= 4 is 23.5 Å². The quantitative estimate of drug-likeness (QED) is 0.554. The van der Waals surface area contributed by atoms with Crippen molar-refractivity contribution in [2.24, 2.45) is 4.99 Å². The maximum Gasteiger partial charge on any atom is 0.280 e. The van der Waals surface area contributed by atoms with Crippen molar-refractivity contribution in [3.05, 3.63) is 16.7 Å². The summed E-state index contributed by atoms with van der Waals surface area (Å²) >= 11 is 0. The van der Waals surface area contributed by atoms with Gasteiger partial charge in [0.2, 0.25) is 5.95 Å². The fourth-order valence-electron chi connectivity index (χ4n) is 1.75. The SMILES string of the molecule is CCC(CO)OCn1cnc2c(=O)[nH]c(N=CN(C)C)nc21. The van der Waals surface area contributed by atoms with Crippen LogP contribution >= 0.6 is 0 Å². The number of rotatable bonds is 7. The normalized spacial score (nSPS) is 13.1. The van der Waals surface area contributed by atoms with E-state index in [4.69, 9.17) is 9.84 Å². The molecule has 2 aromatic rings. The van der Waals surface area contributed by atoms with Gasteiger partial charge in [-0.3, -0.25) is 14.3 Å². The standard InChI is InChI=1S/C13H20N6O3/c1-4-9(5-20)22-8-19-7-14-10-11(19)16-13(17-12(10)21)15-6-18(2)3/h6-7,9,20H,4-5,8H2,1-3H3,(H,16,17,21). The summed E-state index contributed by atoms with van der Waals surface area (Å²) in [5.41, 5.74) is 0.260. The van der Waals surface area contributed by atoms with Crippen molar-refractivity contribution in [3.8, 4) is 0 Å². The molecule has 0 saturated heterocycles. The van der Waals surface area contributed by atoms with Crippen LogP contribution in [-0.2, 0) is 11.5 Å². The van der Waals surface area contributed by atoms with Gasteiger partial charge in [0.1, 0.15) is 6.73 Å². The monoisotopic (exact) mass is 308 g/mol. The molecule has 0 aromatic carbocycles. The van der Waals surface area contributed by atoms with Crippen LogP contribution in [0.4, 0.5) is 5.95 Å². The lowest BCUT2D eigenvalue weighted by atomic mass is 10.3. The van der Waals surface area contributed by atoms with Gasteiger partial charge in [0, 0.05) is 14.1 Å². The number of H-pyrrole nitrogens is 1. The molecule has 120 valence electrons. The highest BCUT2D eigenvalue weighted by Crippen LogP contribution is 2.10. The number of aliphatic imine (C=N–C) groups is 1. The van der Waals surface area contributed by atoms with Gasteiger partial charge in [-0.25, -0.2) is 9.98 Å². The van der Waals surface area contributed by atoms with Gasteiger partial charge in [-0.1, -0.05) is 6.92 Å². The van der Waals surface area contributed by atoms with E-state index in [0.29, 0.717) is 12.1 Å². The number of fused-ring (bicyclic) bond motifs is 1. The number of hydrogen-bond donors (Lipinski definition) is 2. The molecule has 0 aliphatic rings. The zero-order valence-electron chi connectivity index (χ0n) is 12.9. The minimum atomic E-state index is -0.358. The Balaban J connectivity index is 2.30. The molecule has 2 heterocycles. The van der Waals surface area contributed by atoms with Crippen molar-refractivity contribution in [2.75, 3.05) is 20.7 Å². The van der Waals surface area contributed by atoms with Gasteiger partial charge in [-0.2, -0.15) is 4.98 Å². The second-order valence-electron chi connectivity index (χ2n) is 4.99. The van der Waals surface area contributed by atoms with Gasteiger partial charge < -0.3 is 14.7 Å². The highest BCUT2D eigenvalue weighted by Gasteiger charge is 2.11. The molecule has 2 aromatic heterocycles. The molecule has 0 saturated carbocycles. The first kappa shape index (κ1) is 16.1. The first-order valence-electron chi connectivity index (χ1n) is 6.93. The average Bonchev–Trinajstić information content (AvgIpc) is 2.90. The van der Waals surface area contributed by atoms with E-state index in [9.17, 15) is 4.79 Å². The molecule has 9 heteroatoms. The van der Waals surface area contributed by atoms with Crippen molar-refractivity contribution in [3.63, 3.8) is 0 Å². The van der Waals surface area contributed by atoms with E-state index in [1.807, 2.05) is 21.0 Å². The number of aromatic nitrogens is 4. The van der Waals surface area contributed by atoms with Crippen LogP contribution in [0.1, 0.15) is 13.3 Å². The molecule has 0 aliphatic heterocycles. The number of aliphatic hydroxyl groups is 1. The zero-order valence-corrected chi connectivity index (χ0v) is 12.9. The second kappa shape index (κ2) is 7.14. The van der Waals surface area contributed by atoms with E-state index < -0.39 is 0 Å². The first-order valence-corrected chi connectivity index (χ1v) is 6.93. The summed E-state index contributed by atoms with van der Waals surface area (Å²) in [6.45, 7) is 2.02. The molecule has 2 N–H and O–H groups in total. The van der Waals surface area contributed by atoms with Gasteiger partial charge in [-0.15, -0.1) is 0 Å². The fraction of sp³-hybridized carbons (Fsp3) is 0.538. The molecular weight excluding hydrogens is 288 g/mol. The van der Waals surface area contributed by atoms with E-state index in [-0.39, 0.29) is 36.5 Å². The number of nitrogens with zero attached hydrogens (tertiary/aromatic N) is 5. The van der Waals surface area contributed by atoms with Gasteiger partial charge in [-0.05, 0) is 6.42 Å². The average molecular weight is 308 g/mol. The highest BCUT2D eigenvalue weighted by molar-refractivity contribution is 5.71. The maximum absolute atomic E-state index is 12.0. The summed E-state index contributed by atoms with van der Waals surface area (Å²) in [6.07, 6.45) is 3.46. The molecule has 0 spiro atoms. The summed E-state index contributed by atoms with van der Waals surface area (Å²) in [6, 6.07) is 0. The van der Waals surface area contributed by atoms with Gasteiger partial charge in [0.15, 0.2) is 11.2 Å². The van der Waals surface area contributed by atoms with Crippen LogP contribution in [0.15, 0.2) is 16.1 Å². The van der Waals surface area contributed by atoms with Crippen molar-refractivity contribution in [2.45, 2.75) is 26.2 Å². The minimum Gasteiger partial charge on any atom is -0.394 e. The molecule has 1 atom stereocenters. The summed E-state index contributed by atoms with van der Waals surface area (Å²) in [4.78, 5) is 28.6. The first-order chi connectivity index (χ1) is 10.5. The molecule has 0 amide bonds. The Morgan fingerprint density at radius 2 is 2.36 bits per heavy atom. The lowest BCUT2D eigenvalue weighted by Crippen LogP contribution is -2.18. The van der Waals surface area contributed by atoms with Crippen LogP contribution in [0, 0.1) is 0 Å². The van der Waals surface area contributed by atoms with Crippen LogP contribution in [0.3, 0.4) is 0 Å². The number of aromatic amines is 1. The molecule has 2 rings (SSSR count). The third-order valence-corrected chi connectivity index (χ3v) is 2.98. The Kier molecular flexibility index (Phi) is 5.23. The molecule has 0 radical (unpaired) electrons. The summed E-state index contributed by atoms with van der Waals surface area (Å²) in [5.74, 6) is 0.196.